The molecule has 0 saturated heterocycles. The van der Waals surface area contributed by atoms with Crippen LogP contribution in [0.4, 0.5) is 13.2 Å². The third-order valence-corrected chi connectivity index (χ3v) is 4.67. The third kappa shape index (κ3) is 4.06. The fourth-order valence-corrected chi connectivity index (χ4v) is 2.63. The summed E-state index contributed by atoms with van der Waals surface area (Å²) in [5.41, 5.74) is 0.0357. The van der Waals surface area contributed by atoms with Crippen molar-refractivity contribution in [1.82, 2.24) is 4.72 Å². The summed E-state index contributed by atoms with van der Waals surface area (Å²) in [6.07, 6.45) is -4.37. The molecule has 1 aromatic rings. The summed E-state index contributed by atoms with van der Waals surface area (Å²) in [5, 5.41) is 0. The molecule has 0 aliphatic heterocycles. The van der Waals surface area contributed by atoms with Gasteiger partial charge in [-0.15, -0.1) is 0 Å². The summed E-state index contributed by atoms with van der Waals surface area (Å²) < 4.78 is 53.0. The first kappa shape index (κ1) is 17.2. The van der Waals surface area contributed by atoms with Crippen molar-refractivity contribution in [3.8, 4) is 0 Å². The van der Waals surface area contributed by atoms with Crippen LogP contribution in [0.2, 0.25) is 0 Å². The quantitative estimate of drug-likeness (QED) is 0.894. The highest BCUT2D eigenvalue weighted by Crippen LogP contribution is 2.34. The minimum atomic E-state index is -4.37. The molecule has 114 valence electrons. The first-order valence-electron chi connectivity index (χ1n) is 6.29. The van der Waals surface area contributed by atoms with Gasteiger partial charge in [-0.2, -0.15) is 13.2 Å². The van der Waals surface area contributed by atoms with Crippen molar-refractivity contribution in [3.05, 3.63) is 34.9 Å². The van der Waals surface area contributed by atoms with Crippen LogP contribution in [0.15, 0.2) is 18.2 Å². The molecule has 0 amide bonds. The predicted molar refractivity (Wildman–Crippen MR) is 75.6 cm³/mol. The molecule has 0 fully saturated rings. The van der Waals surface area contributed by atoms with Crippen LogP contribution in [0.3, 0.4) is 0 Å². The molecule has 0 heterocycles. The van der Waals surface area contributed by atoms with Crippen LogP contribution < -0.4 is 4.72 Å². The first-order chi connectivity index (χ1) is 8.94. The molecule has 6 heteroatoms. The molecule has 0 spiro atoms. The zero-order valence-corrected chi connectivity index (χ0v) is 13.1. The third-order valence-electron chi connectivity index (χ3n) is 2.99. The average Bonchev–Trinajstić information content (AvgIpc) is 2.26. The molecule has 2 atom stereocenters. The summed E-state index contributed by atoms with van der Waals surface area (Å²) in [4.78, 5) is 0. The van der Waals surface area contributed by atoms with Gasteiger partial charge in [-0.1, -0.05) is 12.1 Å². The Balaban J connectivity index is 3.07. The van der Waals surface area contributed by atoms with E-state index in [1.807, 2.05) is 20.8 Å². The van der Waals surface area contributed by atoms with E-state index in [1.165, 1.54) is 13.0 Å². The lowest BCUT2D eigenvalue weighted by Crippen LogP contribution is -2.35. The van der Waals surface area contributed by atoms with Crippen molar-refractivity contribution in [3.63, 3.8) is 0 Å². The normalized spacial score (nSPS) is 16.0. The van der Waals surface area contributed by atoms with Crippen LogP contribution in [0, 0.1) is 6.92 Å². The highest BCUT2D eigenvalue weighted by atomic mass is 32.2. The maximum absolute atomic E-state index is 12.9. The Kier molecular flexibility index (Phi) is 5.03. The van der Waals surface area contributed by atoms with Gasteiger partial charge in [0.15, 0.2) is 0 Å². The minimum Gasteiger partial charge on any atom is -0.242 e. The van der Waals surface area contributed by atoms with Crippen molar-refractivity contribution in [2.75, 3.05) is 0 Å². The van der Waals surface area contributed by atoms with Crippen molar-refractivity contribution < 1.29 is 17.4 Å². The van der Waals surface area contributed by atoms with Crippen LogP contribution in [0.25, 0.3) is 0 Å². The zero-order valence-electron chi connectivity index (χ0n) is 12.3. The molecule has 1 unspecified atom stereocenters. The van der Waals surface area contributed by atoms with E-state index in [4.69, 9.17) is 0 Å². The molecule has 0 saturated carbocycles. The van der Waals surface area contributed by atoms with Gasteiger partial charge < -0.3 is 0 Å². The van der Waals surface area contributed by atoms with E-state index in [9.17, 15) is 17.4 Å². The van der Waals surface area contributed by atoms with E-state index in [1.54, 1.807) is 13.0 Å². The minimum absolute atomic E-state index is 0.172. The number of nitrogens with one attached hydrogen (secondary N) is 1. The molecular weight excluding hydrogens is 287 g/mol. The Hall–Kier alpha value is -0.880. The topological polar surface area (TPSA) is 29.1 Å². The number of benzene rings is 1. The van der Waals surface area contributed by atoms with Crippen molar-refractivity contribution in [2.45, 2.75) is 51.6 Å². The predicted octanol–water partition coefficient (Wildman–Crippen LogP) is 4.13. The average molecular weight is 307 g/mol. The van der Waals surface area contributed by atoms with Gasteiger partial charge >= 0.3 is 6.18 Å². The van der Waals surface area contributed by atoms with Gasteiger partial charge in [0.2, 0.25) is 0 Å². The maximum Gasteiger partial charge on any atom is 0.416 e. The second-order valence-electron chi connectivity index (χ2n) is 5.74. The molecular formula is C14H20F3NOS. The van der Waals surface area contributed by atoms with E-state index in [-0.39, 0.29) is 5.56 Å². The number of rotatable bonds is 3. The Bertz CT molecular complexity index is 506. The van der Waals surface area contributed by atoms with Crippen LogP contribution in [0.5, 0.6) is 0 Å². The second kappa shape index (κ2) is 5.85. The fourth-order valence-electron chi connectivity index (χ4n) is 1.83. The molecule has 1 N–H and O–H groups in total. The van der Waals surface area contributed by atoms with Crippen LogP contribution in [-0.2, 0) is 17.2 Å². The summed E-state index contributed by atoms with van der Waals surface area (Å²) in [5.74, 6) is 0. The molecule has 1 aromatic carbocycles. The monoisotopic (exact) mass is 307 g/mol. The van der Waals surface area contributed by atoms with Gasteiger partial charge in [-0.25, -0.2) is 8.93 Å². The van der Waals surface area contributed by atoms with Gasteiger partial charge in [0.25, 0.3) is 0 Å². The second-order valence-corrected chi connectivity index (χ2v) is 7.74. The van der Waals surface area contributed by atoms with Crippen LogP contribution >= 0.6 is 0 Å². The summed E-state index contributed by atoms with van der Waals surface area (Å²) in [6, 6.07) is 3.65. The van der Waals surface area contributed by atoms with Gasteiger partial charge in [0.05, 0.1) is 21.3 Å². The van der Waals surface area contributed by atoms with E-state index >= 15 is 0 Å². The molecule has 0 bridgehead atoms. The molecule has 2 nitrogen and oxygen atoms in total. The summed E-state index contributed by atoms with van der Waals surface area (Å²) in [6.45, 7) is 8.58. The molecule has 1 rings (SSSR count). The Morgan fingerprint density at radius 3 is 2.20 bits per heavy atom. The molecule has 0 aliphatic rings. The fraction of sp³-hybridized carbons (Fsp3) is 0.571. The number of hydrogen-bond donors (Lipinski definition) is 1. The molecule has 0 radical (unpaired) electrons. The van der Waals surface area contributed by atoms with Crippen LogP contribution in [-0.4, -0.2) is 8.96 Å². The van der Waals surface area contributed by atoms with Gasteiger partial charge in [0, 0.05) is 6.04 Å². The van der Waals surface area contributed by atoms with Crippen molar-refractivity contribution in [1.29, 1.82) is 0 Å². The Morgan fingerprint density at radius 2 is 1.75 bits per heavy atom. The molecule has 0 aliphatic carbocycles. The Labute approximate surface area is 120 Å². The first-order valence-corrected chi connectivity index (χ1v) is 7.44. The zero-order chi connectivity index (χ0) is 15.7. The van der Waals surface area contributed by atoms with Gasteiger partial charge in [-0.05, 0) is 51.8 Å². The highest BCUT2D eigenvalue weighted by Gasteiger charge is 2.33. The lowest BCUT2D eigenvalue weighted by atomic mass is 9.98. The lowest BCUT2D eigenvalue weighted by molar-refractivity contribution is -0.138. The van der Waals surface area contributed by atoms with Gasteiger partial charge in [0.1, 0.15) is 0 Å². The summed E-state index contributed by atoms with van der Waals surface area (Å²) in [7, 11) is -1.34. The molecule has 20 heavy (non-hydrogen) atoms. The van der Waals surface area contributed by atoms with Gasteiger partial charge in [-0.3, -0.25) is 0 Å². The number of hydrogen-bond acceptors (Lipinski definition) is 1. The van der Waals surface area contributed by atoms with Crippen LogP contribution in [0.1, 0.15) is 50.4 Å². The standard InChI is InChI=1S/C14H20F3NOS/c1-9-11(7-6-8-12(9)14(15,16)17)10(2)18-20(19)13(3,4)5/h6-8,10,18H,1-5H3/t10-,20?/m0/s1. The van der Waals surface area contributed by atoms with E-state index in [0.29, 0.717) is 5.56 Å². The van der Waals surface area contributed by atoms with E-state index < -0.39 is 33.5 Å². The van der Waals surface area contributed by atoms with E-state index in [0.717, 1.165) is 6.07 Å². The summed E-state index contributed by atoms with van der Waals surface area (Å²) >= 11 is 0. The van der Waals surface area contributed by atoms with Crippen molar-refractivity contribution >= 4 is 11.0 Å². The lowest BCUT2D eigenvalue weighted by Gasteiger charge is -2.24. The number of alkyl halides is 3. The maximum atomic E-state index is 12.9. The SMILES string of the molecule is Cc1c([C@H](C)NS(=O)C(C)(C)C)cccc1C(F)(F)F. The largest absolute Gasteiger partial charge is 0.416 e. The number of halogens is 3. The highest BCUT2D eigenvalue weighted by molar-refractivity contribution is 7.84. The van der Waals surface area contributed by atoms with Crippen molar-refractivity contribution in [2.24, 2.45) is 0 Å². The Morgan fingerprint density at radius 1 is 1.20 bits per heavy atom. The smallest absolute Gasteiger partial charge is 0.242 e. The molecule has 0 aromatic heterocycles. The van der Waals surface area contributed by atoms with E-state index in [2.05, 4.69) is 4.72 Å².